The Hall–Kier alpha value is -2.10. The number of rotatable bonds is 3. The van der Waals surface area contributed by atoms with Gasteiger partial charge in [0.2, 0.25) is 0 Å². The Balaban J connectivity index is 1.99. The van der Waals surface area contributed by atoms with Gasteiger partial charge in [0.1, 0.15) is 0 Å². The molecule has 2 rings (SSSR count). The van der Waals surface area contributed by atoms with Crippen LogP contribution >= 0.6 is 0 Å². The van der Waals surface area contributed by atoms with Gasteiger partial charge < -0.3 is 11.1 Å². The van der Waals surface area contributed by atoms with Crippen LogP contribution in [0.1, 0.15) is 5.56 Å². The number of nitrogens with zero attached hydrogens (tertiary/aromatic N) is 2. The van der Waals surface area contributed by atoms with E-state index in [9.17, 15) is 0 Å². The lowest BCUT2D eigenvalue weighted by atomic mass is 10.3. The smallest absolute Gasteiger partial charge is 0.0550 e. The molecule has 0 bridgehead atoms. The number of nitrogen functional groups attached to an aromatic ring is 1. The summed E-state index contributed by atoms with van der Waals surface area (Å²) >= 11 is 0. The largest absolute Gasteiger partial charge is 0.397 e. The van der Waals surface area contributed by atoms with E-state index in [0.717, 1.165) is 17.8 Å². The van der Waals surface area contributed by atoms with Gasteiger partial charge in [-0.2, -0.15) is 0 Å². The number of aromatic nitrogens is 2. The molecular weight excluding hydrogens is 188 g/mol. The zero-order valence-corrected chi connectivity index (χ0v) is 8.22. The maximum absolute atomic E-state index is 5.61. The summed E-state index contributed by atoms with van der Waals surface area (Å²) in [6.45, 7) is 0.721. The monoisotopic (exact) mass is 200 g/mol. The van der Waals surface area contributed by atoms with E-state index in [0.29, 0.717) is 5.69 Å². The molecule has 0 aliphatic carbocycles. The number of pyridine rings is 2. The third-order valence-corrected chi connectivity index (χ3v) is 1.98. The van der Waals surface area contributed by atoms with Crippen molar-refractivity contribution in [2.24, 2.45) is 0 Å². The van der Waals surface area contributed by atoms with Gasteiger partial charge in [-0.05, 0) is 17.7 Å². The van der Waals surface area contributed by atoms with E-state index in [-0.39, 0.29) is 0 Å². The van der Waals surface area contributed by atoms with Crippen molar-refractivity contribution in [3.63, 3.8) is 0 Å². The van der Waals surface area contributed by atoms with Crippen molar-refractivity contribution in [3.8, 4) is 0 Å². The van der Waals surface area contributed by atoms with E-state index < -0.39 is 0 Å². The quantitative estimate of drug-likeness (QED) is 0.791. The highest BCUT2D eigenvalue weighted by Gasteiger charge is 1.94. The molecule has 0 radical (unpaired) electrons. The standard InChI is InChI=1S/C11H12N4/c12-10-4-11(8-14-7-10)15-6-9-2-1-3-13-5-9/h1-5,7-8,15H,6,12H2. The summed E-state index contributed by atoms with van der Waals surface area (Å²) in [5.41, 5.74) is 8.31. The molecule has 2 heterocycles. The second-order valence-electron chi connectivity index (χ2n) is 3.22. The molecule has 4 heteroatoms. The van der Waals surface area contributed by atoms with Crippen molar-refractivity contribution < 1.29 is 0 Å². The molecule has 2 aromatic rings. The van der Waals surface area contributed by atoms with Gasteiger partial charge in [-0.15, -0.1) is 0 Å². The van der Waals surface area contributed by atoms with Crippen molar-refractivity contribution in [1.29, 1.82) is 0 Å². The minimum absolute atomic E-state index is 0.659. The van der Waals surface area contributed by atoms with E-state index in [1.807, 2.05) is 24.4 Å². The highest BCUT2D eigenvalue weighted by atomic mass is 14.9. The normalized spacial score (nSPS) is 9.87. The average Bonchev–Trinajstić information content (AvgIpc) is 2.28. The van der Waals surface area contributed by atoms with Crippen molar-refractivity contribution >= 4 is 11.4 Å². The number of nitrogens with two attached hydrogens (primary N) is 1. The molecule has 0 aliphatic rings. The summed E-state index contributed by atoms with van der Waals surface area (Å²) in [6.07, 6.45) is 6.94. The van der Waals surface area contributed by atoms with Gasteiger partial charge >= 0.3 is 0 Å². The summed E-state index contributed by atoms with van der Waals surface area (Å²) in [6, 6.07) is 5.78. The Bertz CT molecular complexity index is 428. The topological polar surface area (TPSA) is 63.8 Å². The SMILES string of the molecule is Nc1cncc(NCc2cccnc2)c1. The zero-order valence-electron chi connectivity index (χ0n) is 8.22. The van der Waals surface area contributed by atoms with Gasteiger partial charge in [0, 0.05) is 25.1 Å². The molecule has 0 saturated carbocycles. The third-order valence-electron chi connectivity index (χ3n) is 1.98. The van der Waals surface area contributed by atoms with E-state index in [1.165, 1.54) is 0 Å². The van der Waals surface area contributed by atoms with Crippen molar-refractivity contribution in [2.75, 3.05) is 11.1 Å². The van der Waals surface area contributed by atoms with Crippen LogP contribution in [0.15, 0.2) is 43.0 Å². The minimum atomic E-state index is 0.659. The lowest BCUT2D eigenvalue weighted by Crippen LogP contribution is -2.00. The Labute approximate surface area is 88.2 Å². The lowest BCUT2D eigenvalue weighted by Gasteiger charge is -2.05. The van der Waals surface area contributed by atoms with Crippen LogP contribution in [0.2, 0.25) is 0 Å². The molecule has 0 atom stereocenters. The first-order valence-electron chi connectivity index (χ1n) is 4.68. The lowest BCUT2D eigenvalue weighted by molar-refractivity contribution is 1.11. The Kier molecular flexibility index (Phi) is 2.78. The van der Waals surface area contributed by atoms with Crippen LogP contribution in [-0.4, -0.2) is 9.97 Å². The maximum atomic E-state index is 5.61. The molecule has 3 N–H and O–H groups in total. The number of hydrogen-bond donors (Lipinski definition) is 2. The first kappa shape index (κ1) is 9.45. The molecule has 4 nitrogen and oxygen atoms in total. The second-order valence-corrected chi connectivity index (χ2v) is 3.22. The predicted octanol–water partition coefficient (Wildman–Crippen LogP) is 1.67. The molecule has 0 spiro atoms. The molecule has 76 valence electrons. The highest BCUT2D eigenvalue weighted by Crippen LogP contribution is 2.10. The van der Waals surface area contributed by atoms with Gasteiger partial charge in [0.15, 0.2) is 0 Å². The molecule has 0 aliphatic heterocycles. The fraction of sp³-hybridized carbons (Fsp3) is 0.0909. The predicted molar refractivity (Wildman–Crippen MR) is 60.2 cm³/mol. The van der Waals surface area contributed by atoms with Crippen molar-refractivity contribution in [3.05, 3.63) is 48.5 Å². The van der Waals surface area contributed by atoms with Gasteiger partial charge in [-0.1, -0.05) is 6.07 Å². The van der Waals surface area contributed by atoms with Crippen LogP contribution in [-0.2, 0) is 6.54 Å². The maximum Gasteiger partial charge on any atom is 0.0550 e. The zero-order chi connectivity index (χ0) is 10.5. The van der Waals surface area contributed by atoms with E-state index >= 15 is 0 Å². The summed E-state index contributed by atoms with van der Waals surface area (Å²) in [7, 11) is 0. The molecular formula is C11H12N4. The Morgan fingerprint density at radius 3 is 2.87 bits per heavy atom. The van der Waals surface area contributed by atoms with E-state index in [2.05, 4.69) is 15.3 Å². The summed E-state index contributed by atoms with van der Waals surface area (Å²) in [4.78, 5) is 8.03. The van der Waals surface area contributed by atoms with Crippen LogP contribution in [0.4, 0.5) is 11.4 Å². The minimum Gasteiger partial charge on any atom is -0.397 e. The third kappa shape index (κ3) is 2.67. The summed E-state index contributed by atoms with van der Waals surface area (Å²) < 4.78 is 0. The highest BCUT2D eigenvalue weighted by molar-refractivity contribution is 5.51. The van der Waals surface area contributed by atoms with Gasteiger partial charge in [-0.3, -0.25) is 9.97 Å². The fourth-order valence-corrected chi connectivity index (χ4v) is 1.26. The molecule has 0 fully saturated rings. The molecule has 0 amide bonds. The van der Waals surface area contributed by atoms with Crippen LogP contribution in [0.5, 0.6) is 0 Å². The fourth-order valence-electron chi connectivity index (χ4n) is 1.26. The number of nitrogens with one attached hydrogen (secondary N) is 1. The second kappa shape index (κ2) is 4.41. The number of anilines is 2. The van der Waals surface area contributed by atoms with Gasteiger partial charge in [0.05, 0.1) is 17.6 Å². The van der Waals surface area contributed by atoms with Crippen LogP contribution in [0.3, 0.4) is 0 Å². The van der Waals surface area contributed by atoms with Crippen LogP contribution < -0.4 is 11.1 Å². The summed E-state index contributed by atoms with van der Waals surface area (Å²) in [5.74, 6) is 0. The van der Waals surface area contributed by atoms with Crippen LogP contribution in [0, 0.1) is 0 Å². The van der Waals surface area contributed by atoms with E-state index in [4.69, 9.17) is 5.73 Å². The first-order valence-corrected chi connectivity index (χ1v) is 4.68. The van der Waals surface area contributed by atoms with E-state index in [1.54, 1.807) is 18.6 Å². The summed E-state index contributed by atoms with van der Waals surface area (Å²) in [5, 5.41) is 3.22. The van der Waals surface area contributed by atoms with Crippen molar-refractivity contribution in [1.82, 2.24) is 9.97 Å². The average molecular weight is 200 g/mol. The van der Waals surface area contributed by atoms with Gasteiger partial charge in [0.25, 0.3) is 0 Å². The number of hydrogen-bond acceptors (Lipinski definition) is 4. The van der Waals surface area contributed by atoms with Gasteiger partial charge in [-0.25, -0.2) is 0 Å². The molecule has 0 unspecified atom stereocenters. The molecule has 0 aromatic carbocycles. The first-order chi connectivity index (χ1) is 7.34. The van der Waals surface area contributed by atoms with Crippen LogP contribution in [0.25, 0.3) is 0 Å². The molecule has 0 saturated heterocycles. The Morgan fingerprint density at radius 1 is 1.20 bits per heavy atom. The van der Waals surface area contributed by atoms with Crippen molar-refractivity contribution in [2.45, 2.75) is 6.54 Å². The molecule has 15 heavy (non-hydrogen) atoms. The Morgan fingerprint density at radius 2 is 2.13 bits per heavy atom. The molecule has 2 aromatic heterocycles.